The summed E-state index contributed by atoms with van der Waals surface area (Å²) in [5.41, 5.74) is 0.496. The summed E-state index contributed by atoms with van der Waals surface area (Å²) in [5, 5.41) is 13.1. The highest BCUT2D eigenvalue weighted by molar-refractivity contribution is 6.33. The molecule has 7 nitrogen and oxygen atoms in total. The van der Waals surface area contributed by atoms with Crippen LogP contribution < -0.4 is 5.32 Å². The summed E-state index contributed by atoms with van der Waals surface area (Å²) < 4.78 is 17.7. The number of halogens is 2. The van der Waals surface area contributed by atoms with Gasteiger partial charge in [0.25, 0.3) is 11.6 Å². The molecule has 0 bridgehead atoms. The van der Waals surface area contributed by atoms with Crippen LogP contribution in [0.2, 0.25) is 5.02 Å². The molecule has 2 aromatic carbocycles. The minimum atomic E-state index is -0.808. The quantitative estimate of drug-likeness (QED) is 0.358. The molecule has 0 unspecified atom stereocenters. The maximum Gasteiger partial charge on any atom is 0.331 e. The number of benzene rings is 2. The predicted molar refractivity (Wildman–Crippen MR) is 93.1 cm³/mol. The molecule has 0 aliphatic heterocycles. The third-order valence-electron chi connectivity index (χ3n) is 3.04. The van der Waals surface area contributed by atoms with Crippen molar-refractivity contribution < 1.29 is 23.6 Å². The summed E-state index contributed by atoms with van der Waals surface area (Å²) in [5.74, 6) is -2.02. The molecule has 1 amide bonds. The van der Waals surface area contributed by atoms with Crippen molar-refractivity contribution in [3.05, 3.63) is 75.1 Å². The third kappa shape index (κ3) is 5.67. The first kappa shape index (κ1) is 19.1. The van der Waals surface area contributed by atoms with E-state index in [9.17, 15) is 24.1 Å². The van der Waals surface area contributed by atoms with Gasteiger partial charge >= 0.3 is 5.97 Å². The van der Waals surface area contributed by atoms with Gasteiger partial charge in [0.05, 0.1) is 15.6 Å². The van der Waals surface area contributed by atoms with Gasteiger partial charge in [0.1, 0.15) is 5.82 Å². The summed E-state index contributed by atoms with van der Waals surface area (Å²) >= 11 is 5.77. The minimum Gasteiger partial charge on any atom is -0.452 e. The van der Waals surface area contributed by atoms with Gasteiger partial charge in [0.2, 0.25) is 0 Å². The molecule has 0 aliphatic rings. The van der Waals surface area contributed by atoms with E-state index >= 15 is 0 Å². The Hall–Kier alpha value is -3.26. The maximum atomic E-state index is 12.9. The van der Waals surface area contributed by atoms with E-state index in [2.05, 4.69) is 5.32 Å². The molecule has 0 saturated heterocycles. The predicted octanol–water partition coefficient (Wildman–Crippen LogP) is 3.58. The zero-order chi connectivity index (χ0) is 19.1. The number of rotatable bonds is 6. The number of carbonyl (C=O) groups excluding carboxylic acids is 2. The molecule has 0 heterocycles. The molecule has 0 atom stereocenters. The summed E-state index contributed by atoms with van der Waals surface area (Å²) in [7, 11) is 0. The molecule has 9 heteroatoms. The molecule has 0 aliphatic carbocycles. The zero-order valence-electron chi connectivity index (χ0n) is 13.1. The topological polar surface area (TPSA) is 98.5 Å². The number of hydrogen-bond acceptors (Lipinski definition) is 5. The van der Waals surface area contributed by atoms with Crippen molar-refractivity contribution in [2.75, 3.05) is 11.9 Å². The monoisotopic (exact) mass is 378 g/mol. The van der Waals surface area contributed by atoms with E-state index < -0.39 is 29.2 Å². The van der Waals surface area contributed by atoms with Gasteiger partial charge in [-0.15, -0.1) is 0 Å². The van der Waals surface area contributed by atoms with Gasteiger partial charge in [0, 0.05) is 18.2 Å². The largest absolute Gasteiger partial charge is 0.452 e. The van der Waals surface area contributed by atoms with E-state index in [4.69, 9.17) is 16.3 Å². The second-order valence-electron chi connectivity index (χ2n) is 4.97. The summed E-state index contributed by atoms with van der Waals surface area (Å²) in [6.07, 6.45) is 2.36. The SMILES string of the molecule is O=C(COC(=O)/C=C/c1cccc([N+](=O)[O-])c1)Nc1ccc(F)cc1Cl. The Bertz CT molecular complexity index is 885. The second kappa shape index (κ2) is 8.72. The normalized spacial score (nSPS) is 10.5. The molecule has 1 N–H and O–H groups in total. The number of carbonyl (C=O) groups is 2. The van der Waals surface area contributed by atoms with Crippen LogP contribution in [0.25, 0.3) is 6.08 Å². The average Bonchev–Trinajstić information content (AvgIpc) is 2.61. The molecule has 134 valence electrons. The average molecular weight is 379 g/mol. The van der Waals surface area contributed by atoms with Crippen molar-refractivity contribution >= 4 is 40.9 Å². The lowest BCUT2D eigenvalue weighted by Gasteiger charge is -2.07. The molecule has 0 aromatic heterocycles. The van der Waals surface area contributed by atoms with Gasteiger partial charge < -0.3 is 10.1 Å². The van der Waals surface area contributed by atoms with Crippen LogP contribution in [0.15, 0.2) is 48.5 Å². The summed E-state index contributed by atoms with van der Waals surface area (Å²) in [6, 6.07) is 9.08. The van der Waals surface area contributed by atoms with Crippen LogP contribution >= 0.6 is 11.6 Å². The van der Waals surface area contributed by atoms with Crippen molar-refractivity contribution in [1.29, 1.82) is 0 Å². The highest BCUT2D eigenvalue weighted by Gasteiger charge is 2.09. The van der Waals surface area contributed by atoms with Gasteiger partial charge in [-0.05, 0) is 29.8 Å². The minimum absolute atomic E-state index is 0.00949. The van der Waals surface area contributed by atoms with Crippen LogP contribution in [0.1, 0.15) is 5.56 Å². The number of hydrogen-bond donors (Lipinski definition) is 1. The number of non-ortho nitro benzene ring substituents is 1. The van der Waals surface area contributed by atoms with E-state index in [1.54, 1.807) is 6.07 Å². The molecule has 2 aromatic rings. The number of nitro groups is 1. The molecule has 0 spiro atoms. The van der Waals surface area contributed by atoms with E-state index in [-0.39, 0.29) is 16.4 Å². The van der Waals surface area contributed by atoms with Gasteiger partial charge in [-0.1, -0.05) is 23.7 Å². The summed E-state index contributed by atoms with van der Waals surface area (Å²) in [6.45, 7) is -0.578. The van der Waals surface area contributed by atoms with Crippen molar-refractivity contribution in [1.82, 2.24) is 0 Å². The van der Waals surface area contributed by atoms with Crippen LogP contribution in [-0.4, -0.2) is 23.4 Å². The van der Waals surface area contributed by atoms with Gasteiger partial charge in [0.15, 0.2) is 6.61 Å². The van der Waals surface area contributed by atoms with Crippen molar-refractivity contribution in [2.24, 2.45) is 0 Å². The molecule has 0 fully saturated rings. The van der Waals surface area contributed by atoms with Crippen LogP contribution in [0.4, 0.5) is 15.8 Å². The maximum absolute atomic E-state index is 12.9. The fourth-order valence-electron chi connectivity index (χ4n) is 1.87. The number of nitrogens with zero attached hydrogens (tertiary/aromatic N) is 1. The first-order valence-electron chi connectivity index (χ1n) is 7.19. The van der Waals surface area contributed by atoms with Gasteiger partial charge in [-0.3, -0.25) is 14.9 Å². The van der Waals surface area contributed by atoms with Crippen molar-refractivity contribution in [3.8, 4) is 0 Å². The number of amides is 1. The Balaban J connectivity index is 1.87. The molecule has 26 heavy (non-hydrogen) atoms. The van der Waals surface area contributed by atoms with Crippen molar-refractivity contribution in [2.45, 2.75) is 0 Å². The van der Waals surface area contributed by atoms with Crippen molar-refractivity contribution in [3.63, 3.8) is 0 Å². The Morgan fingerprint density at radius 2 is 2.04 bits per heavy atom. The van der Waals surface area contributed by atoms with Crippen LogP contribution in [0.5, 0.6) is 0 Å². The van der Waals surface area contributed by atoms with E-state index in [0.29, 0.717) is 5.56 Å². The smallest absolute Gasteiger partial charge is 0.331 e. The van der Waals surface area contributed by atoms with Gasteiger partial charge in [-0.2, -0.15) is 0 Å². The number of anilines is 1. The first-order valence-corrected chi connectivity index (χ1v) is 7.57. The van der Waals surface area contributed by atoms with Crippen LogP contribution in [0, 0.1) is 15.9 Å². The lowest BCUT2D eigenvalue weighted by atomic mass is 10.2. The molecule has 0 saturated carbocycles. The lowest BCUT2D eigenvalue weighted by molar-refractivity contribution is -0.384. The Labute approximate surface area is 152 Å². The van der Waals surface area contributed by atoms with E-state index in [0.717, 1.165) is 18.2 Å². The second-order valence-corrected chi connectivity index (χ2v) is 5.37. The molecule has 0 radical (unpaired) electrons. The fraction of sp³-hybridized carbons (Fsp3) is 0.0588. The van der Waals surface area contributed by atoms with Crippen LogP contribution in [-0.2, 0) is 14.3 Å². The van der Waals surface area contributed by atoms with Crippen LogP contribution in [0.3, 0.4) is 0 Å². The number of nitro benzene ring substituents is 1. The number of ether oxygens (including phenoxy) is 1. The number of esters is 1. The highest BCUT2D eigenvalue weighted by Crippen LogP contribution is 2.22. The Kier molecular flexibility index (Phi) is 6.40. The highest BCUT2D eigenvalue weighted by atomic mass is 35.5. The lowest BCUT2D eigenvalue weighted by Crippen LogP contribution is -2.20. The zero-order valence-corrected chi connectivity index (χ0v) is 13.9. The van der Waals surface area contributed by atoms with Gasteiger partial charge in [-0.25, -0.2) is 9.18 Å². The standard InChI is InChI=1S/C17H12ClFN2O5/c18-14-9-12(19)5-6-15(14)20-16(22)10-26-17(23)7-4-11-2-1-3-13(8-11)21(24)25/h1-9H,10H2,(H,20,22)/b7-4+. The fourth-order valence-corrected chi connectivity index (χ4v) is 2.08. The third-order valence-corrected chi connectivity index (χ3v) is 3.36. The summed E-state index contributed by atoms with van der Waals surface area (Å²) in [4.78, 5) is 33.4. The Morgan fingerprint density at radius 3 is 2.73 bits per heavy atom. The number of nitrogens with one attached hydrogen (secondary N) is 1. The molecular formula is C17H12ClFN2O5. The molecular weight excluding hydrogens is 367 g/mol. The molecule has 2 rings (SSSR count). The van der Waals surface area contributed by atoms with E-state index in [1.807, 2.05) is 0 Å². The Morgan fingerprint density at radius 1 is 1.27 bits per heavy atom. The first-order chi connectivity index (χ1) is 12.3. The van der Waals surface area contributed by atoms with E-state index in [1.165, 1.54) is 30.3 Å².